The fourth-order valence-electron chi connectivity index (χ4n) is 0.792. The van der Waals surface area contributed by atoms with Gasteiger partial charge in [-0.1, -0.05) is 13.8 Å². The molecule has 0 aliphatic rings. The van der Waals surface area contributed by atoms with E-state index in [-0.39, 0.29) is 0 Å². The van der Waals surface area contributed by atoms with Crippen molar-refractivity contribution in [3.63, 3.8) is 0 Å². The van der Waals surface area contributed by atoms with Crippen LogP contribution in [0.25, 0.3) is 0 Å². The van der Waals surface area contributed by atoms with Gasteiger partial charge in [0.05, 0.1) is 0 Å². The van der Waals surface area contributed by atoms with Gasteiger partial charge in [-0.15, -0.1) is 0 Å². The molecule has 0 heterocycles. The van der Waals surface area contributed by atoms with Crippen molar-refractivity contribution in [2.45, 2.75) is 40.2 Å². The van der Waals surface area contributed by atoms with Crippen molar-refractivity contribution >= 4 is 13.6 Å². The molecule has 0 aromatic rings. The number of hydrogen-bond acceptors (Lipinski definition) is 4. The first-order valence-electron chi connectivity index (χ1n) is 5.49. The maximum Gasteiger partial charge on any atom is 0.336 e. The van der Waals surface area contributed by atoms with E-state index in [4.69, 9.17) is 9.79 Å². The van der Waals surface area contributed by atoms with Crippen LogP contribution in [0, 0.1) is 0 Å². The topological polar surface area (TPSA) is 95.9 Å². The van der Waals surface area contributed by atoms with E-state index in [1.54, 1.807) is 20.8 Å². The Morgan fingerprint density at radius 3 is 1.82 bits per heavy atom. The van der Waals surface area contributed by atoms with Gasteiger partial charge in [-0.2, -0.15) is 0 Å². The maximum absolute atomic E-state index is 10.8. The van der Waals surface area contributed by atoms with Crippen LogP contribution in [0.1, 0.15) is 34.6 Å². The van der Waals surface area contributed by atoms with Crippen LogP contribution in [-0.2, 0) is 14.1 Å². The Bertz CT molecular complexity index is 254. The molecule has 7 heteroatoms. The Kier molecular flexibility index (Phi) is 9.62. The number of ether oxygens (including phenoxy) is 1. The Morgan fingerprint density at radius 1 is 1.24 bits per heavy atom. The van der Waals surface area contributed by atoms with E-state index in [1.807, 2.05) is 0 Å². The molecule has 0 rings (SSSR count). The lowest BCUT2D eigenvalue weighted by Crippen LogP contribution is -2.25. The summed E-state index contributed by atoms with van der Waals surface area (Å²) in [5.74, 6) is -0.879. The zero-order valence-corrected chi connectivity index (χ0v) is 12.1. The van der Waals surface area contributed by atoms with E-state index < -0.39 is 25.3 Å². The second-order valence-corrected chi connectivity index (χ2v) is 6.01. The summed E-state index contributed by atoms with van der Waals surface area (Å²) in [6, 6.07) is 0. The van der Waals surface area contributed by atoms with Crippen molar-refractivity contribution in [3.05, 3.63) is 0 Å². The molecule has 0 fully saturated rings. The monoisotopic (exact) mass is 269 g/mol. The molecule has 0 saturated heterocycles. The lowest BCUT2D eigenvalue weighted by molar-refractivity contribution is -0.151. The molecule has 0 aromatic heterocycles. The number of hydrogen-bond donors (Lipinski definition) is 3. The molecule has 0 spiro atoms. The molecular formula is C10H24NO5P. The van der Waals surface area contributed by atoms with E-state index >= 15 is 0 Å². The van der Waals surface area contributed by atoms with Gasteiger partial charge in [0, 0.05) is 0 Å². The van der Waals surface area contributed by atoms with E-state index in [1.165, 1.54) is 0 Å². The molecule has 17 heavy (non-hydrogen) atoms. The number of nitrogens with one attached hydrogen (secondary N) is 1. The molecule has 0 atom stereocenters. The smallest absolute Gasteiger partial charge is 0.336 e. The predicted octanol–water partition coefficient (Wildman–Crippen LogP) is 1.12. The minimum Gasteiger partial charge on any atom is -0.459 e. The maximum atomic E-state index is 10.8. The molecule has 0 aliphatic carbocycles. The predicted molar refractivity (Wildman–Crippen MR) is 67.0 cm³/mol. The van der Waals surface area contributed by atoms with Crippen molar-refractivity contribution in [3.8, 4) is 0 Å². The van der Waals surface area contributed by atoms with Crippen LogP contribution < -0.4 is 5.32 Å². The first kappa shape index (κ1) is 18.9. The average molecular weight is 269 g/mol. The minimum atomic E-state index is -4.28. The number of carbonyl (C=O) groups excluding carboxylic acids is 1. The zero-order valence-electron chi connectivity index (χ0n) is 11.2. The summed E-state index contributed by atoms with van der Waals surface area (Å²) in [5.41, 5.74) is -0.702. The van der Waals surface area contributed by atoms with Gasteiger partial charge in [0.25, 0.3) is 0 Å². The van der Waals surface area contributed by atoms with Crippen LogP contribution in [-0.4, -0.2) is 40.6 Å². The van der Waals surface area contributed by atoms with Crippen molar-refractivity contribution in [2.24, 2.45) is 0 Å². The minimum absolute atomic E-state index is 0.702. The Labute approximate surface area is 103 Å². The number of carbonyl (C=O) groups is 1. The summed E-state index contributed by atoms with van der Waals surface area (Å²) in [4.78, 5) is 27.6. The molecule has 104 valence electrons. The van der Waals surface area contributed by atoms with Crippen LogP contribution in [0.15, 0.2) is 0 Å². The molecule has 6 nitrogen and oxygen atoms in total. The van der Waals surface area contributed by atoms with E-state index in [2.05, 4.69) is 23.9 Å². The van der Waals surface area contributed by atoms with Gasteiger partial charge < -0.3 is 19.8 Å². The van der Waals surface area contributed by atoms with Crippen molar-refractivity contribution in [2.75, 3.05) is 19.3 Å². The number of rotatable bonds is 4. The largest absolute Gasteiger partial charge is 0.459 e. The Balaban J connectivity index is 0. The first-order valence-corrected chi connectivity index (χ1v) is 7.28. The molecule has 0 saturated carbocycles. The standard InChI is InChI=1S/C6H13O5P.C4H11N/c1-6(2,3)11-5(7)4-12(8,9)10;1-3-5-4-2/h4H2,1-3H3,(H2,8,9,10);5H,3-4H2,1-2H3. The summed E-state index contributed by atoms with van der Waals surface area (Å²) < 4.78 is 15.0. The lowest BCUT2D eigenvalue weighted by Gasteiger charge is -2.19. The van der Waals surface area contributed by atoms with Gasteiger partial charge in [0.1, 0.15) is 11.8 Å². The molecule has 0 radical (unpaired) electrons. The molecule has 0 aromatic carbocycles. The van der Waals surface area contributed by atoms with Crippen molar-refractivity contribution < 1.29 is 23.9 Å². The number of esters is 1. The Morgan fingerprint density at radius 2 is 1.65 bits per heavy atom. The molecule has 0 unspecified atom stereocenters. The third-order valence-electron chi connectivity index (χ3n) is 1.26. The fraction of sp³-hybridized carbons (Fsp3) is 0.900. The zero-order chi connectivity index (χ0) is 14.1. The highest BCUT2D eigenvalue weighted by Gasteiger charge is 2.24. The molecular weight excluding hydrogens is 245 g/mol. The lowest BCUT2D eigenvalue weighted by atomic mass is 10.2. The summed E-state index contributed by atoms with van der Waals surface area (Å²) in [7, 11) is -4.28. The summed E-state index contributed by atoms with van der Waals surface area (Å²) >= 11 is 0. The summed E-state index contributed by atoms with van der Waals surface area (Å²) in [6.07, 6.45) is -0.857. The van der Waals surface area contributed by atoms with Gasteiger partial charge >= 0.3 is 13.6 Å². The van der Waals surface area contributed by atoms with Crippen molar-refractivity contribution in [1.82, 2.24) is 5.32 Å². The molecule has 3 N–H and O–H groups in total. The SMILES string of the molecule is CC(C)(C)OC(=O)CP(=O)(O)O.CCNCC. The van der Waals surface area contributed by atoms with Gasteiger partial charge in [-0.05, 0) is 33.9 Å². The highest BCUT2D eigenvalue weighted by atomic mass is 31.2. The third kappa shape index (κ3) is 21.4. The van der Waals surface area contributed by atoms with Gasteiger partial charge in [0.15, 0.2) is 0 Å². The fourth-order valence-corrected chi connectivity index (χ4v) is 1.19. The molecule has 0 aliphatic heterocycles. The summed E-state index contributed by atoms with van der Waals surface area (Å²) in [6.45, 7) is 11.3. The van der Waals surface area contributed by atoms with E-state index in [0.29, 0.717) is 0 Å². The van der Waals surface area contributed by atoms with Crippen LogP contribution in [0.3, 0.4) is 0 Å². The van der Waals surface area contributed by atoms with Gasteiger partial charge in [-0.25, -0.2) is 0 Å². The Hall–Kier alpha value is -0.420. The van der Waals surface area contributed by atoms with Crippen molar-refractivity contribution in [1.29, 1.82) is 0 Å². The molecule has 0 amide bonds. The first-order chi connectivity index (χ1) is 7.52. The second-order valence-electron chi connectivity index (χ2n) is 4.37. The molecule has 0 bridgehead atoms. The third-order valence-corrected chi connectivity index (χ3v) is 1.93. The van der Waals surface area contributed by atoms with E-state index in [0.717, 1.165) is 13.1 Å². The van der Waals surface area contributed by atoms with Crippen LogP contribution >= 0.6 is 7.60 Å². The van der Waals surface area contributed by atoms with Gasteiger partial charge in [0.2, 0.25) is 0 Å². The highest BCUT2D eigenvalue weighted by molar-refractivity contribution is 7.52. The van der Waals surface area contributed by atoms with Gasteiger partial charge in [-0.3, -0.25) is 9.36 Å². The summed E-state index contributed by atoms with van der Waals surface area (Å²) in [5, 5.41) is 3.11. The van der Waals surface area contributed by atoms with E-state index in [9.17, 15) is 9.36 Å². The van der Waals surface area contributed by atoms with Crippen LogP contribution in [0.5, 0.6) is 0 Å². The normalized spacial score (nSPS) is 11.5. The highest BCUT2D eigenvalue weighted by Crippen LogP contribution is 2.34. The van der Waals surface area contributed by atoms with Crippen LogP contribution in [0.4, 0.5) is 0 Å². The quantitative estimate of drug-likeness (QED) is 0.523. The second kappa shape index (κ2) is 8.64. The van der Waals surface area contributed by atoms with Crippen LogP contribution in [0.2, 0.25) is 0 Å². The average Bonchev–Trinajstić information content (AvgIpc) is 1.98.